The van der Waals surface area contributed by atoms with Gasteiger partial charge in [-0.1, -0.05) is 17.7 Å². The summed E-state index contributed by atoms with van der Waals surface area (Å²) in [6.45, 7) is 2.24. The number of benzene rings is 1. The third-order valence-electron chi connectivity index (χ3n) is 4.44. The summed E-state index contributed by atoms with van der Waals surface area (Å²) in [6, 6.07) is 5.28. The van der Waals surface area contributed by atoms with E-state index in [2.05, 4.69) is 5.32 Å². The maximum atomic E-state index is 13.0. The Bertz CT molecular complexity index is 751. The summed E-state index contributed by atoms with van der Waals surface area (Å²) in [5.74, 6) is -2.35. The van der Waals surface area contributed by atoms with Gasteiger partial charge in [0.2, 0.25) is 5.91 Å². The number of imide groups is 1. The average molecular weight is 376 g/mol. The quantitative estimate of drug-likeness (QED) is 0.742. The zero-order valence-electron chi connectivity index (χ0n) is 14.1. The molecule has 0 saturated carbocycles. The van der Waals surface area contributed by atoms with Crippen LogP contribution in [0.4, 0.5) is 10.5 Å². The number of rotatable bonds is 5. The number of anilines is 1. The van der Waals surface area contributed by atoms with E-state index in [1.165, 1.54) is 4.90 Å². The summed E-state index contributed by atoms with van der Waals surface area (Å²) >= 11 is 0.931. The summed E-state index contributed by atoms with van der Waals surface area (Å²) in [4.78, 5) is 50.7. The topological polar surface area (TPSA) is 110 Å². The molecule has 1 aromatic rings. The molecule has 2 saturated heterocycles. The van der Waals surface area contributed by atoms with Crippen molar-refractivity contribution in [3.05, 3.63) is 29.8 Å². The van der Waals surface area contributed by atoms with E-state index < -0.39 is 30.0 Å². The van der Waals surface area contributed by atoms with Crippen molar-refractivity contribution in [2.75, 3.05) is 23.0 Å². The van der Waals surface area contributed by atoms with Crippen molar-refractivity contribution in [1.82, 2.24) is 10.2 Å². The Morgan fingerprint density at radius 2 is 1.92 bits per heavy atom. The number of hydrogen-bond acceptors (Lipinski definition) is 6. The molecule has 2 atom stereocenters. The van der Waals surface area contributed by atoms with Gasteiger partial charge in [0.05, 0.1) is 23.5 Å². The van der Waals surface area contributed by atoms with Crippen molar-refractivity contribution < 1.29 is 24.3 Å². The number of aliphatic carboxylic acids is 1. The van der Waals surface area contributed by atoms with Gasteiger partial charge in [-0.05, 0) is 25.5 Å². The molecule has 138 valence electrons. The molecule has 0 spiro atoms. The molecule has 0 aliphatic carbocycles. The SMILES string of the molecule is Cc1ccc(N2C(=O)N[C@@H]3CCN(C(=O)CSCC(=O)[O-])[C@@H]3C2=O)cc1. The van der Waals surface area contributed by atoms with Crippen molar-refractivity contribution in [1.29, 1.82) is 0 Å². The largest absolute Gasteiger partial charge is 0.549 e. The normalized spacial score (nSPS) is 22.2. The van der Waals surface area contributed by atoms with Gasteiger partial charge in [0.25, 0.3) is 5.91 Å². The zero-order chi connectivity index (χ0) is 18.8. The van der Waals surface area contributed by atoms with Gasteiger partial charge in [0.15, 0.2) is 0 Å². The number of aryl methyl sites for hydroxylation is 1. The maximum Gasteiger partial charge on any atom is 0.329 e. The fourth-order valence-electron chi connectivity index (χ4n) is 3.23. The fraction of sp³-hybridized carbons (Fsp3) is 0.412. The molecule has 3 rings (SSSR count). The Morgan fingerprint density at radius 3 is 2.58 bits per heavy atom. The third kappa shape index (κ3) is 3.52. The fourth-order valence-corrected chi connectivity index (χ4v) is 3.84. The molecule has 0 radical (unpaired) electrons. The Hall–Kier alpha value is -2.55. The minimum atomic E-state index is -1.24. The summed E-state index contributed by atoms with van der Waals surface area (Å²) < 4.78 is 0. The molecule has 2 aliphatic rings. The van der Waals surface area contributed by atoms with Crippen LogP contribution in [0.2, 0.25) is 0 Å². The predicted molar refractivity (Wildman–Crippen MR) is 93.4 cm³/mol. The monoisotopic (exact) mass is 376 g/mol. The van der Waals surface area contributed by atoms with Crippen LogP contribution in [-0.4, -0.2) is 58.8 Å². The second-order valence-electron chi connectivity index (χ2n) is 6.25. The highest BCUT2D eigenvalue weighted by Crippen LogP contribution is 2.28. The van der Waals surface area contributed by atoms with Gasteiger partial charge in [-0.25, -0.2) is 9.69 Å². The van der Waals surface area contributed by atoms with Crippen LogP contribution in [0.3, 0.4) is 0 Å². The standard InChI is InChI=1S/C17H19N3O5S/c1-10-2-4-11(5-3-10)20-16(24)15-12(18-17(20)25)6-7-19(15)13(21)8-26-9-14(22)23/h2-5,12,15H,6-9H2,1H3,(H,18,25)(H,22,23)/p-1/t12-,15+/m1/s1. The molecule has 0 unspecified atom stereocenters. The zero-order valence-corrected chi connectivity index (χ0v) is 15.0. The van der Waals surface area contributed by atoms with Crippen LogP contribution in [0.5, 0.6) is 0 Å². The van der Waals surface area contributed by atoms with Gasteiger partial charge in [0, 0.05) is 12.3 Å². The molecule has 1 aromatic carbocycles. The average Bonchev–Trinajstić information content (AvgIpc) is 3.00. The number of nitrogens with one attached hydrogen (secondary N) is 1. The Labute approximate surface area is 154 Å². The van der Waals surface area contributed by atoms with Crippen LogP contribution in [0.1, 0.15) is 12.0 Å². The molecular weight excluding hydrogens is 358 g/mol. The highest BCUT2D eigenvalue weighted by Gasteiger charge is 2.49. The van der Waals surface area contributed by atoms with Crippen molar-refractivity contribution in [3.63, 3.8) is 0 Å². The van der Waals surface area contributed by atoms with E-state index in [0.29, 0.717) is 18.7 Å². The lowest BCUT2D eigenvalue weighted by Crippen LogP contribution is -2.65. The number of fused-ring (bicyclic) bond motifs is 1. The molecule has 0 bridgehead atoms. The van der Waals surface area contributed by atoms with Crippen LogP contribution in [-0.2, 0) is 14.4 Å². The number of carboxylic acid groups (broad SMARTS) is 1. The lowest BCUT2D eigenvalue weighted by atomic mass is 10.0. The number of likely N-dealkylation sites (tertiary alicyclic amines) is 1. The van der Waals surface area contributed by atoms with E-state index in [1.54, 1.807) is 24.3 Å². The number of nitrogens with zero attached hydrogens (tertiary/aromatic N) is 2. The molecule has 2 heterocycles. The van der Waals surface area contributed by atoms with E-state index in [-0.39, 0.29) is 17.4 Å². The van der Waals surface area contributed by atoms with E-state index in [1.807, 2.05) is 6.92 Å². The first-order valence-electron chi connectivity index (χ1n) is 8.16. The van der Waals surface area contributed by atoms with Gasteiger partial charge >= 0.3 is 6.03 Å². The van der Waals surface area contributed by atoms with Gasteiger partial charge in [-0.3, -0.25) is 9.59 Å². The molecule has 1 N–H and O–H groups in total. The number of hydrogen-bond donors (Lipinski definition) is 1. The second kappa shape index (κ2) is 7.36. The summed E-state index contributed by atoms with van der Waals surface area (Å²) in [5, 5.41) is 13.3. The number of carbonyl (C=O) groups is 4. The molecule has 2 aliphatic heterocycles. The summed E-state index contributed by atoms with van der Waals surface area (Å²) in [7, 11) is 0. The number of amides is 4. The van der Waals surface area contributed by atoms with Gasteiger partial charge in [-0.15, -0.1) is 11.8 Å². The van der Waals surface area contributed by atoms with E-state index >= 15 is 0 Å². The summed E-state index contributed by atoms with van der Waals surface area (Å²) in [6.07, 6.45) is 0.487. The van der Waals surface area contributed by atoms with E-state index in [9.17, 15) is 24.3 Å². The van der Waals surface area contributed by atoms with Crippen LogP contribution in [0.15, 0.2) is 24.3 Å². The van der Waals surface area contributed by atoms with Gasteiger partial charge < -0.3 is 20.1 Å². The molecule has 4 amide bonds. The van der Waals surface area contributed by atoms with Crippen molar-refractivity contribution in [3.8, 4) is 0 Å². The first-order valence-corrected chi connectivity index (χ1v) is 9.32. The first-order chi connectivity index (χ1) is 12.4. The lowest BCUT2D eigenvalue weighted by molar-refractivity contribution is -0.301. The minimum Gasteiger partial charge on any atom is -0.549 e. The molecule has 0 aromatic heterocycles. The Balaban J connectivity index is 1.77. The molecular formula is C17H18N3O5S-. The van der Waals surface area contributed by atoms with Crippen LogP contribution in [0.25, 0.3) is 0 Å². The summed E-state index contributed by atoms with van der Waals surface area (Å²) in [5.41, 5.74) is 1.45. The number of carbonyl (C=O) groups excluding carboxylic acids is 4. The first kappa shape index (κ1) is 18.2. The van der Waals surface area contributed by atoms with E-state index in [4.69, 9.17) is 0 Å². The number of carboxylic acids is 1. The van der Waals surface area contributed by atoms with Crippen LogP contribution in [0, 0.1) is 6.92 Å². The highest BCUT2D eigenvalue weighted by atomic mass is 32.2. The molecule has 26 heavy (non-hydrogen) atoms. The van der Waals surface area contributed by atoms with Gasteiger partial charge in [-0.2, -0.15) is 0 Å². The Morgan fingerprint density at radius 1 is 1.23 bits per heavy atom. The molecule has 8 nitrogen and oxygen atoms in total. The minimum absolute atomic E-state index is 0.0526. The van der Waals surface area contributed by atoms with Gasteiger partial charge in [0.1, 0.15) is 6.04 Å². The molecule has 9 heteroatoms. The smallest absolute Gasteiger partial charge is 0.329 e. The lowest BCUT2D eigenvalue weighted by Gasteiger charge is -2.36. The third-order valence-corrected chi connectivity index (χ3v) is 5.33. The highest BCUT2D eigenvalue weighted by molar-refractivity contribution is 8.00. The van der Waals surface area contributed by atoms with Crippen LogP contribution >= 0.6 is 11.8 Å². The van der Waals surface area contributed by atoms with Crippen molar-refractivity contribution in [2.24, 2.45) is 0 Å². The number of urea groups is 1. The predicted octanol–water partition coefficient (Wildman–Crippen LogP) is -0.496. The number of thioether (sulfide) groups is 1. The van der Waals surface area contributed by atoms with Crippen molar-refractivity contribution >= 4 is 41.3 Å². The van der Waals surface area contributed by atoms with E-state index in [0.717, 1.165) is 22.2 Å². The molecule has 2 fully saturated rings. The maximum absolute atomic E-state index is 13.0. The van der Waals surface area contributed by atoms with Crippen LogP contribution < -0.4 is 15.3 Å². The Kier molecular flexibility index (Phi) is 5.17. The van der Waals surface area contributed by atoms with Crippen molar-refractivity contribution in [2.45, 2.75) is 25.4 Å². The second-order valence-corrected chi connectivity index (χ2v) is 7.24.